The van der Waals surface area contributed by atoms with Crippen LogP contribution in [0.5, 0.6) is 0 Å². The average molecular weight is 350 g/mol. The van der Waals surface area contributed by atoms with Crippen molar-refractivity contribution in [3.05, 3.63) is 64.4 Å². The molecule has 0 aliphatic carbocycles. The highest BCUT2D eigenvalue weighted by Crippen LogP contribution is 2.15. The van der Waals surface area contributed by atoms with Crippen molar-refractivity contribution in [1.82, 2.24) is 10.2 Å². The summed E-state index contributed by atoms with van der Waals surface area (Å²) in [5, 5.41) is 6.54. The van der Waals surface area contributed by atoms with E-state index < -0.39 is 0 Å². The first kappa shape index (κ1) is 18.4. The average Bonchev–Trinajstić information content (AvgIpc) is 2.50. The fraction of sp³-hybridized carbons (Fsp3) is 0.278. The van der Waals surface area contributed by atoms with E-state index in [0.29, 0.717) is 30.2 Å². The first-order valence-electron chi connectivity index (χ1n) is 7.62. The molecule has 24 heavy (non-hydrogen) atoms. The zero-order chi connectivity index (χ0) is 17.5. The summed E-state index contributed by atoms with van der Waals surface area (Å²) < 4.78 is 13.7. The standard InChI is InChI=1S/C18H21ClFN3O/c1-23(2)12-18(24)22-16-5-3-4-13(8-16)10-21-11-14-9-15(19)6-7-17(14)20/h3-9,21H,10-12H2,1-2H3,(H,22,24). The van der Waals surface area contributed by atoms with Crippen molar-refractivity contribution in [3.63, 3.8) is 0 Å². The summed E-state index contributed by atoms with van der Waals surface area (Å²) in [6.45, 7) is 1.27. The number of nitrogens with one attached hydrogen (secondary N) is 2. The summed E-state index contributed by atoms with van der Waals surface area (Å²) in [7, 11) is 3.68. The number of carbonyl (C=O) groups excluding carboxylic acids is 1. The third-order valence-corrected chi connectivity index (χ3v) is 3.56. The highest BCUT2D eigenvalue weighted by molar-refractivity contribution is 6.30. The number of halogens is 2. The second kappa shape index (κ2) is 8.78. The van der Waals surface area contributed by atoms with Gasteiger partial charge in [-0.15, -0.1) is 0 Å². The molecule has 0 aliphatic rings. The van der Waals surface area contributed by atoms with Crippen LogP contribution in [-0.2, 0) is 17.9 Å². The largest absolute Gasteiger partial charge is 0.325 e. The Kier molecular flexibility index (Phi) is 6.73. The Balaban J connectivity index is 1.90. The molecule has 0 fully saturated rings. The van der Waals surface area contributed by atoms with Crippen LogP contribution in [0.2, 0.25) is 5.02 Å². The van der Waals surface area contributed by atoms with Gasteiger partial charge in [0, 0.05) is 29.4 Å². The van der Waals surface area contributed by atoms with Crippen molar-refractivity contribution in [3.8, 4) is 0 Å². The molecule has 2 aromatic rings. The van der Waals surface area contributed by atoms with Gasteiger partial charge in [-0.3, -0.25) is 4.79 Å². The van der Waals surface area contributed by atoms with Gasteiger partial charge in [0.2, 0.25) is 5.91 Å². The van der Waals surface area contributed by atoms with Crippen LogP contribution in [0.25, 0.3) is 0 Å². The van der Waals surface area contributed by atoms with Crippen molar-refractivity contribution in [2.45, 2.75) is 13.1 Å². The van der Waals surface area contributed by atoms with Crippen LogP contribution < -0.4 is 10.6 Å². The lowest BCUT2D eigenvalue weighted by atomic mass is 10.1. The van der Waals surface area contributed by atoms with Crippen molar-refractivity contribution in [2.24, 2.45) is 0 Å². The van der Waals surface area contributed by atoms with Gasteiger partial charge >= 0.3 is 0 Å². The molecule has 1 amide bonds. The van der Waals surface area contributed by atoms with Gasteiger partial charge in [-0.2, -0.15) is 0 Å². The molecule has 0 aliphatic heterocycles. The molecule has 0 spiro atoms. The maximum atomic E-state index is 13.7. The first-order valence-corrected chi connectivity index (χ1v) is 8.00. The topological polar surface area (TPSA) is 44.4 Å². The molecule has 4 nitrogen and oxygen atoms in total. The Morgan fingerprint density at radius 3 is 2.71 bits per heavy atom. The van der Waals surface area contributed by atoms with Crippen LogP contribution in [-0.4, -0.2) is 31.4 Å². The quantitative estimate of drug-likeness (QED) is 0.806. The Labute approximate surface area is 146 Å². The lowest BCUT2D eigenvalue weighted by molar-refractivity contribution is -0.116. The molecule has 0 atom stereocenters. The SMILES string of the molecule is CN(C)CC(=O)Nc1cccc(CNCc2cc(Cl)ccc2F)c1. The molecule has 0 aromatic heterocycles. The number of carbonyl (C=O) groups is 1. The van der Waals surface area contributed by atoms with E-state index >= 15 is 0 Å². The molecule has 0 bridgehead atoms. The zero-order valence-corrected chi connectivity index (χ0v) is 14.5. The van der Waals surface area contributed by atoms with Crippen LogP contribution in [0.1, 0.15) is 11.1 Å². The van der Waals surface area contributed by atoms with Gasteiger partial charge in [-0.1, -0.05) is 23.7 Å². The Bertz CT molecular complexity index is 706. The Morgan fingerprint density at radius 1 is 1.17 bits per heavy atom. The van der Waals surface area contributed by atoms with Crippen molar-refractivity contribution < 1.29 is 9.18 Å². The molecule has 0 heterocycles. The number of hydrogen-bond acceptors (Lipinski definition) is 3. The number of likely N-dealkylation sites (N-methyl/N-ethyl adjacent to an activating group) is 1. The number of amides is 1. The van der Waals surface area contributed by atoms with Gasteiger partial charge in [0.25, 0.3) is 0 Å². The summed E-state index contributed by atoms with van der Waals surface area (Å²) in [4.78, 5) is 13.6. The van der Waals surface area contributed by atoms with Gasteiger partial charge in [-0.05, 0) is 50.0 Å². The van der Waals surface area contributed by atoms with Crippen LogP contribution in [0.3, 0.4) is 0 Å². The number of benzene rings is 2. The van der Waals surface area contributed by atoms with E-state index in [4.69, 9.17) is 11.6 Å². The van der Waals surface area contributed by atoms with Crippen LogP contribution in [0, 0.1) is 5.82 Å². The minimum atomic E-state index is -0.281. The maximum absolute atomic E-state index is 13.7. The van der Waals surface area contributed by atoms with Gasteiger partial charge in [-0.25, -0.2) is 4.39 Å². The van der Waals surface area contributed by atoms with Gasteiger partial charge < -0.3 is 15.5 Å². The number of anilines is 1. The molecule has 2 rings (SSSR count). The summed E-state index contributed by atoms with van der Waals surface area (Å²) in [5.74, 6) is -0.345. The predicted molar refractivity (Wildman–Crippen MR) is 95.6 cm³/mol. The van der Waals surface area contributed by atoms with Crippen LogP contribution in [0.4, 0.5) is 10.1 Å². The number of nitrogens with zero attached hydrogens (tertiary/aromatic N) is 1. The van der Waals surface area contributed by atoms with E-state index in [0.717, 1.165) is 11.3 Å². The second-order valence-electron chi connectivity index (χ2n) is 5.83. The molecular weight excluding hydrogens is 329 g/mol. The van der Waals surface area contributed by atoms with Gasteiger partial charge in [0.15, 0.2) is 0 Å². The first-order chi connectivity index (χ1) is 11.4. The molecular formula is C18H21ClFN3O. The zero-order valence-electron chi connectivity index (χ0n) is 13.8. The molecule has 2 N–H and O–H groups in total. The maximum Gasteiger partial charge on any atom is 0.238 e. The van der Waals surface area contributed by atoms with E-state index in [2.05, 4.69) is 10.6 Å². The molecule has 128 valence electrons. The molecule has 6 heteroatoms. The number of hydrogen-bond donors (Lipinski definition) is 2. The summed E-state index contributed by atoms with van der Waals surface area (Å²) in [6.07, 6.45) is 0. The lowest BCUT2D eigenvalue weighted by Crippen LogP contribution is -2.27. The number of rotatable bonds is 7. The highest BCUT2D eigenvalue weighted by Gasteiger charge is 2.05. The smallest absolute Gasteiger partial charge is 0.238 e. The fourth-order valence-electron chi connectivity index (χ4n) is 2.27. The minimum absolute atomic E-state index is 0.0638. The molecule has 0 saturated carbocycles. The van der Waals surface area contributed by atoms with Crippen LogP contribution >= 0.6 is 11.6 Å². The van der Waals surface area contributed by atoms with Crippen molar-refractivity contribution >= 4 is 23.2 Å². The third-order valence-electron chi connectivity index (χ3n) is 3.32. The summed E-state index contributed by atoms with van der Waals surface area (Å²) >= 11 is 5.88. The van der Waals surface area contributed by atoms with Gasteiger partial charge in [0.05, 0.1) is 6.54 Å². The molecule has 0 radical (unpaired) electrons. The fourth-order valence-corrected chi connectivity index (χ4v) is 2.46. The third kappa shape index (κ3) is 5.92. The van der Waals surface area contributed by atoms with E-state index in [1.165, 1.54) is 12.1 Å². The summed E-state index contributed by atoms with van der Waals surface area (Å²) in [5.41, 5.74) is 2.27. The van der Waals surface area contributed by atoms with E-state index in [9.17, 15) is 9.18 Å². The van der Waals surface area contributed by atoms with E-state index in [-0.39, 0.29) is 11.7 Å². The highest BCUT2D eigenvalue weighted by atomic mass is 35.5. The molecule has 2 aromatic carbocycles. The molecule has 0 saturated heterocycles. The van der Waals surface area contributed by atoms with E-state index in [1.807, 2.05) is 38.4 Å². The Hall–Kier alpha value is -1.95. The van der Waals surface area contributed by atoms with E-state index in [1.54, 1.807) is 11.0 Å². The Morgan fingerprint density at radius 2 is 1.96 bits per heavy atom. The van der Waals surface area contributed by atoms with Crippen LogP contribution in [0.15, 0.2) is 42.5 Å². The van der Waals surface area contributed by atoms with Crippen molar-refractivity contribution in [2.75, 3.05) is 26.0 Å². The van der Waals surface area contributed by atoms with Gasteiger partial charge in [0.1, 0.15) is 5.82 Å². The summed E-state index contributed by atoms with van der Waals surface area (Å²) in [6, 6.07) is 12.1. The predicted octanol–water partition coefficient (Wildman–Crippen LogP) is 3.27. The minimum Gasteiger partial charge on any atom is -0.325 e. The lowest BCUT2D eigenvalue weighted by Gasteiger charge is -2.11. The monoisotopic (exact) mass is 349 g/mol. The normalized spacial score (nSPS) is 10.9. The second-order valence-corrected chi connectivity index (χ2v) is 6.26. The van der Waals surface area contributed by atoms with Crippen molar-refractivity contribution in [1.29, 1.82) is 0 Å². The molecule has 0 unspecified atom stereocenters.